The lowest BCUT2D eigenvalue weighted by Gasteiger charge is -2.40. The zero-order valence-electron chi connectivity index (χ0n) is 12.0. The molecule has 2 nitrogen and oxygen atoms in total. The minimum atomic E-state index is 0.129. The van der Waals surface area contributed by atoms with E-state index >= 15 is 0 Å². The number of hydrogen-bond acceptors (Lipinski definition) is 3. The average Bonchev–Trinajstić information content (AvgIpc) is 2.70. The Hall–Kier alpha value is -0.380. The number of ether oxygens (including phenoxy) is 1. The third-order valence-corrected chi connectivity index (χ3v) is 5.36. The Balaban J connectivity index is 1.82. The third kappa shape index (κ3) is 3.14. The Bertz CT molecular complexity index is 382. The normalized spacial score (nSPS) is 18.7. The van der Waals surface area contributed by atoms with E-state index in [1.807, 2.05) is 18.4 Å². The first-order valence-corrected chi connectivity index (χ1v) is 7.62. The number of hydrogen-bond donors (Lipinski definition) is 1. The fraction of sp³-hybridized carbons (Fsp3) is 0.733. The van der Waals surface area contributed by atoms with Crippen LogP contribution < -0.4 is 5.32 Å². The van der Waals surface area contributed by atoms with Crippen LogP contribution in [0.4, 0.5) is 0 Å². The average molecular weight is 267 g/mol. The van der Waals surface area contributed by atoms with Gasteiger partial charge in [-0.2, -0.15) is 0 Å². The van der Waals surface area contributed by atoms with Crippen molar-refractivity contribution in [2.24, 2.45) is 0 Å². The predicted octanol–water partition coefficient (Wildman–Crippen LogP) is 3.70. The summed E-state index contributed by atoms with van der Waals surface area (Å²) in [5.74, 6) is 0. The second-order valence-electron chi connectivity index (χ2n) is 6.36. The van der Waals surface area contributed by atoms with Gasteiger partial charge in [-0.1, -0.05) is 20.8 Å². The van der Waals surface area contributed by atoms with Gasteiger partial charge in [-0.05, 0) is 36.8 Å². The van der Waals surface area contributed by atoms with E-state index in [2.05, 4.69) is 38.2 Å². The molecule has 1 saturated carbocycles. The van der Waals surface area contributed by atoms with Gasteiger partial charge in [0.25, 0.3) is 0 Å². The van der Waals surface area contributed by atoms with Gasteiger partial charge in [-0.3, -0.25) is 0 Å². The summed E-state index contributed by atoms with van der Waals surface area (Å²) in [6, 6.07) is 4.51. The van der Waals surface area contributed by atoms with Gasteiger partial charge in [0.05, 0.1) is 5.60 Å². The molecule has 0 unspecified atom stereocenters. The summed E-state index contributed by atoms with van der Waals surface area (Å²) < 4.78 is 5.61. The largest absolute Gasteiger partial charge is 0.377 e. The van der Waals surface area contributed by atoms with Gasteiger partial charge in [0.2, 0.25) is 0 Å². The van der Waals surface area contributed by atoms with Gasteiger partial charge in [-0.25, -0.2) is 0 Å². The van der Waals surface area contributed by atoms with Gasteiger partial charge in [-0.15, -0.1) is 11.3 Å². The maximum absolute atomic E-state index is 5.61. The van der Waals surface area contributed by atoms with Crippen LogP contribution >= 0.6 is 11.3 Å². The van der Waals surface area contributed by atoms with Crippen LogP contribution in [-0.4, -0.2) is 19.3 Å². The molecule has 1 heterocycles. The molecule has 3 heteroatoms. The van der Waals surface area contributed by atoms with Crippen molar-refractivity contribution in [2.75, 3.05) is 13.7 Å². The molecule has 0 saturated heterocycles. The van der Waals surface area contributed by atoms with Crippen LogP contribution in [0.3, 0.4) is 0 Å². The molecule has 0 bridgehead atoms. The van der Waals surface area contributed by atoms with Crippen LogP contribution in [0.1, 0.15) is 49.8 Å². The Morgan fingerprint density at radius 3 is 2.50 bits per heavy atom. The zero-order chi connectivity index (χ0) is 13.2. The molecule has 1 aromatic rings. The van der Waals surface area contributed by atoms with Gasteiger partial charge < -0.3 is 10.1 Å². The second-order valence-corrected chi connectivity index (χ2v) is 7.53. The standard InChI is InChI=1S/C15H25NOS/c1-14(2,3)13-7-6-12(18-13)10-16-11-15(17-4)8-5-9-15/h6-7,16H,5,8-11H2,1-4H3. The Kier molecular flexibility index (Phi) is 4.15. The van der Waals surface area contributed by atoms with Crippen LogP contribution in [0.5, 0.6) is 0 Å². The summed E-state index contributed by atoms with van der Waals surface area (Å²) in [6.45, 7) is 8.75. The number of thiophene rings is 1. The fourth-order valence-electron chi connectivity index (χ4n) is 2.31. The van der Waals surface area contributed by atoms with Gasteiger partial charge in [0.15, 0.2) is 0 Å². The van der Waals surface area contributed by atoms with Crippen LogP contribution in [-0.2, 0) is 16.7 Å². The van der Waals surface area contributed by atoms with Gasteiger partial charge >= 0.3 is 0 Å². The summed E-state index contributed by atoms with van der Waals surface area (Å²) in [5, 5.41) is 3.55. The van der Waals surface area contributed by atoms with Crippen LogP contribution in [0.2, 0.25) is 0 Å². The Morgan fingerprint density at radius 2 is 2.06 bits per heavy atom. The highest BCUT2D eigenvalue weighted by Gasteiger charge is 2.36. The SMILES string of the molecule is COC1(CNCc2ccc(C(C)(C)C)s2)CCC1. The molecule has 1 aliphatic rings. The van der Waals surface area contributed by atoms with Crippen molar-refractivity contribution in [3.05, 3.63) is 21.9 Å². The van der Waals surface area contributed by atoms with E-state index in [0.717, 1.165) is 13.1 Å². The highest BCUT2D eigenvalue weighted by Crippen LogP contribution is 2.34. The molecular weight excluding hydrogens is 242 g/mol. The van der Waals surface area contributed by atoms with Crippen LogP contribution in [0, 0.1) is 0 Å². The second kappa shape index (κ2) is 5.32. The molecule has 102 valence electrons. The summed E-state index contributed by atoms with van der Waals surface area (Å²) in [7, 11) is 1.84. The molecule has 0 radical (unpaired) electrons. The third-order valence-electron chi connectivity index (χ3n) is 3.85. The Labute approximate surface area is 115 Å². The molecule has 1 N–H and O–H groups in total. The van der Waals surface area contributed by atoms with Crippen molar-refractivity contribution < 1.29 is 4.74 Å². The molecule has 0 spiro atoms. The topological polar surface area (TPSA) is 21.3 Å². The van der Waals surface area contributed by atoms with E-state index in [1.165, 1.54) is 29.0 Å². The fourth-order valence-corrected chi connectivity index (χ4v) is 3.35. The highest BCUT2D eigenvalue weighted by molar-refractivity contribution is 7.12. The minimum absolute atomic E-state index is 0.129. The highest BCUT2D eigenvalue weighted by atomic mass is 32.1. The number of rotatable bonds is 5. The lowest BCUT2D eigenvalue weighted by Crippen LogP contribution is -2.47. The van der Waals surface area contributed by atoms with Crippen LogP contribution in [0.25, 0.3) is 0 Å². The van der Waals surface area contributed by atoms with E-state index in [4.69, 9.17) is 4.74 Å². The first-order valence-electron chi connectivity index (χ1n) is 6.80. The molecule has 2 rings (SSSR count). The summed E-state index contributed by atoms with van der Waals surface area (Å²) >= 11 is 1.92. The molecule has 0 aliphatic heterocycles. The smallest absolute Gasteiger partial charge is 0.0802 e. The zero-order valence-corrected chi connectivity index (χ0v) is 12.8. The molecular formula is C15H25NOS. The monoisotopic (exact) mass is 267 g/mol. The lowest BCUT2D eigenvalue weighted by atomic mass is 9.80. The first kappa shape index (κ1) is 14.0. The van der Waals surface area contributed by atoms with Crippen molar-refractivity contribution >= 4 is 11.3 Å². The first-order chi connectivity index (χ1) is 8.45. The summed E-state index contributed by atoms with van der Waals surface area (Å²) in [5.41, 5.74) is 0.398. The summed E-state index contributed by atoms with van der Waals surface area (Å²) in [4.78, 5) is 2.88. The maximum Gasteiger partial charge on any atom is 0.0802 e. The van der Waals surface area contributed by atoms with Gasteiger partial charge in [0.1, 0.15) is 0 Å². The molecule has 0 atom stereocenters. The van der Waals surface area contributed by atoms with Crippen molar-refractivity contribution in [1.29, 1.82) is 0 Å². The van der Waals surface area contributed by atoms with E-state index in [9.17, 15) is 0 Å². The van der Waals surface area contributed by atoms with E-state index in [0.29, 0.717) is 0 Å². The molecule has 0 aromatic carbocycles. The van der Waals surface area contributed by atoms with E-state index in [-0.39, 0.29) is 11.0 Å². The van der Waals surface area contributed by atoms with Crippen LogP contribution in [0.15, 0.2) is 12.1 Å². The maximum atomic E-state index is 5.61. The molecule has 0 amide bonds. The van der Waals surface area contributed by atoms with Crippen molar-refractivity contribution in [2.45, 2.75) is 57.6 Å². The molecule has 18 heavy (non-hydrogen) atoms. The minimum Gasteiger partial charge on any atom is -0.377 e. The summed E-state index contributed by atoms with van der Waals surface area (Å²) in [6.07, 6.45) is 3.71. The lowest BCUT2D eigenvalue weighted by molar-refractivity contribution is -0.0695. The van der Waals surface area contributed by atoms with Gasteiger partial charge in [0, 0.05) is 30.0 Å². The van der Waals surface area contributed by atoms with Crippen molar-refractivity contribution in [3.8, 4) is 0 Å². The van der Waals surface area contributed by atoms with E-state index < -0.39 is 0 Å². The number of methoxy groups -OCH3 is 1. The van der Waals surface area contributed by atoms with E-state index in [1.54, 1.807) is 0 Å². The van der Waals surface area contributed by atoms with Crippen molar-refractivity contribution in [1.82, 2.24) is 5.32 Å². The molecule has 1 fully saturated rings. The Morgan fingerprint density at radius 1 is 1.33 bits per heavy atom. The predicted molar refractivity (Wildman–Crippen MR) is 78.3 cm³/mol. The number of nitrogens with one attached hydrogen (secondary N) is 1. The van der Waals surface area contributed by atoms with Crippen molar-refractivity contribution in [3.63, 3.8) is 0 Å². The molecule has 1 aliphatic carbocycles. The quantitative estimate of drug-likeness (QED) is 0.878. The molecule has 1 aromatic heterocycles.